The first-order valence-corrected chi connectivity index (χ1v) is 6.46. The molecular weight excluding hydrogens is 350 g/mol. The average molecular weight is 361 g/mol. The Bertz CT molecular complexity index is 527. The van der Waals surface area contributed by atoms with Crippen molar-refractivity contribution in [1.82, 2.24) is 5.43 Å². The molecule has 0 spiro atoms. The summed E-state index contributed by atoms with van der Waals surface area (Å²) in [5, 5.41) is 0. The van der Waals surface area contributed by atoms with E-state index in [9.17, 15) is 0 Å². The lowest BCUT2D eigenvalue weighted by Crippen LogP contribution is -2.29. The van der Waals surface area contributed by atoms with Crippen LogP contribution < -0.4 is 17.0 Å². The van der Waals surface area contributed by atoms with Crippen LogP contribution in [0.2, 0.25) is 0 Å². The van der Waals surface area contributed by atoms with Gasteiger partial charge in [0.1, 0.15) is 11.8 Å². The molecule has 4 nitrogen and oxygen atoms in total. The molecule has 1 aromatic heterocycles. The molecule has 1 aromatic carbocycles. The fourth-order valence-corrected chi connectivity index (χ4v) is 2.42. The van der Waals surface area contributed by atoms with Crippen molar-refractivity contribution in [3.63, 3.8) is 0 Å². The molecule has 1 unspecified atom stereocenters. The Kier molecular flexibility index (Phi) is 3.88. The van der Waals surface area contributed by atoms with Crippen molar-refractivity contribution in [1.29, 1.82) is 0 Å². The molecule has 0 radical (unpaired) electrons. The minimum Gasteiger partial charge on any atom is -0.466 e. The van der Waals surface area contributed by atoms with Crippen LogP contribution in [0, 0.1) is 0 Å². The Morgan fingerprint density at radius 1 is 1.24 bits per heavy atom. The predicted octanol–water partition coefficient (Wildman–Crippen LogP) is 2.94. The second kappa shape index (κ2) is 5.22. The first-order chi connectivity index (χ1) is 8.13. The minimum absolute atomic E-state index is 0.295. The van der Waals surface area contributed by atoms with E-state index in [1.807, 2.05) is 24.3 Å². The van der Waals surface area contributed by atoms with Gasteiger partial charge in [-0.05, 0) is 40.2 Å². The highest BCUT2D eigenvalue weighted by molar-refractivity contribution is 9.10. The molecule has 2 rings (SSSR count). The molecular formula is C11H11Br2N3O. The number of hydrogen-bond acceptors (Lipinski definition) is 4. The van der Waals surface area contributed by atoms with Gasteiger partial charge in [-0.3, -0.25) is 5.84 Å². The minimum atomic E-state index is -0.295. The van der Waals surface area contributed by atoms with Crippen molar-refractivity contribution < 1.29 is 4.42 Å². The topological polar surface area (TPSA) is 77.2 Å². The van der Waals surface area contributed by atoms with Gasteiger partial charge in [0.25, 0.3) is 0 Å². The molecule has 0 amide bonds. The molecule has 90 valence electrons. The third-order valence-electron chi connectivity index (χ3n) is 2.43. The highest BCUT2D eigenvalue weighted by Gasteiger charge is 2.21. The first-order valence-electron chi connectivity index (χ1n) is 4.87. The Balaban J connectivity index is 2.49. The van der Waals surface area contributed by atoms with E-state index in [1.54, 1.807) is 6.26 Å². The van der Waals surface area contributed by atoms with E-state index in [1.165, 1.54) is 0 Å². The van der Waals surface area contributed by atoms with E-state index in [0.717, 1.165) is 14.5 Å². The Morgan fingerprint density at radius 2 is 2.00 bits per heavy atom. The molecule has 1 atom stereocenters. The predicted molar refractivity (Wildman–Crippen MR) is 74.1 cm³/mol. The van der Waals surface area contributed by atoms with E-state index >= 15 is 0 Å². The van der Waals surface area contributed by atoms with E-state index in [2.05, 4.69) is 37.3 Å². The molecule has 2 aromatic rings. The molecule has 0 fully saturated rings. The standard InChI is InChI=1S/C11H11Br2N3O/c12-6-1-2-9(14)7(5-6)10(16-15)11-8(13)3-4-17-11/h1-5,10,16H,14-15H2. The quantitative estimate of drug-likeness (QED) is 0.446. The highest BCUT2D eigenvalue weighted by Crippen LogP contribution is 2.33. The molecule has 0 bridgehead atoms. The maximum absolute atomic E-state index is 5.95. The molecule has 0 aliphatic rings. The summed E-state index contributed by atoms with van der Waals surface area (Å²) in [7, 11) is 0. The summed E-state index contributed by atoms with van der Waals surface area (Å²) in [5.41, 5.74) is 10.2. The van der Waals surface area contributed by atoms with Crippen LogP contribution in [0.4, 0.5) is 5.69 Å². The van der Waals surface area contributed by atoms with Gasteiger partial charge in [0.15, 0.2) is 0 Å². The van der Waals surface area contributed by atoms with Gasteiger partial charge >= 0.3 is 0 Å². The summed E-state index contributed by atoms with van der Waals surface area (Å²) in [6.07, 6.45) is 1.60. The SMILES string of the molecule is NNC(c1cc(Br)ccc1N)c1occc1Br. The second-order valence-electron chi connectivity index (χ2n) is 3.51. The lowest BCUT2D eigenvalue weighted by atomic mass is 10.0. The zero-order valence-corrected chi connectivity index (χ0v) is 12.0. The molecule has 0 aliphatic carbocycles. The number of hydrogen-bond donors (Lipinski definition) is 3. The highest BCUT2D eigenvalue weighted by atomic mass is 79.9. The van der Waals surface area contributed by atoms with E-state index in [0.29, 0.717) is 11.4 Å². The number of benzene rings is 1. The number of furan rings is 1. The van der Waals surface area contributed by atoms with Crippen LogP contribution in [0.5, 0.6) is 0 Å². The number of anilines is 1. The Hall–Kier alpha value is -0.820. The summed E-state index contributed by atoms with van der Waals surface area (Å²) >= 11 is 6.82. The maximum atomic E-state index is 5.95. The van der Waals surface area contributed by atoms with Gasteiger partial charge in [0.05, 0.1) is 10.7 Å². The monoisotopic (exact) mass is 359 g/mol. The van der Waals surface area contributed by atoms with Crippen molar-refractivity contribution in [3.05, 3.63) is 50.8 Å². The molecule has 1 heterocycles. The van der Waals surface area contributed by atoms with Gasteiger partial charge in [-0.25, -0.2) is 5.43 Å². The normalized spacial score (nSPS) is 12.6. The molecule has 17 heavy (non-hydrogen) atoms. The average Bonchev–Trinajstić information content (AvgIpc) is 2.71. The van der Waals surface area contributed by atoms with Crippen molar-refractivity contribution in [3.8, 4) is 0 Å². The van der Waals surface area contributed by atoms with Gasteiger partial charge < -0.3 is 10.2 Å². The van der Waals surface area contributed by atoms with Crippen molar-refractivity contribution in [2.45, 2.75) is 6.04 Å². The Labute approximate surface area is 116 Å². The van der Waals surface area contributed by atoms with Crippen LogP contribution in [0.25, 0.3) is 0 Å². The van der Waals surface area contributed by atoms with E-state index in [-0.39, 0.29) is 6.04 Å². The molecule has 6 heteroatoms. The fraction of sp³-hybridized carbons (Fsp3) is 0.0909. The smallest absolute Gasteiger partial charge is 0.140 e. The van der Waals surface area contributed by atoms with Gasteiger partial charge in [-0.2, -0.15) is 0 Å². The fourth-order valence-electron chi connectivity index (χ4n) is 1.61. The summed E-state index contributed by atoms with van der Waals surface area (Å²) < 4.78 is 7.19. The zero-order chi connectivity index (χ0) is 12.4. The molecule has 0 saturated heterocycles. The van der Waals surface area contributed by atoms with Crippen LogP contribution in [-0.4, -0.2) is 0 Å². The second-order valence-corrected chi connectivity index (χ2v) is 5.28. The lowest BCUT2D eigenvalue weighted by molar-refractivity contribution is 0.450. The number of nitrogens with one attached hydrogen (secondary N) is 1. The maximum Gasteiger partial charge on any atom is 0.140 e. The van der Waals surface area contributed by atoms with Crippen LogP contribution in [0.1, 0.15) is 17.4 Å². The van der Waals surface area contributed by atoms with Crippen molar-refractivity contribution in [2.24, 2.45) is 5.84 Å². The number of nitrogens with two attached hydrogens (primary N) is 2. The zero-order valence-electron chi connectivity index (χ0n) is 8.78. The third kappa shape index (κ3) is 2.55. The molecule has 0 aliphatic heterocycles. The number of hydrazine groups is 1. The largest absolute Gasteiger partial charge is 0.466 e. The summed E-state index contributed by atoms with van der Waals surface area (Å²) in [4.78, 5) is 0. The summed E-state index contributed by atoms with van der Waals surface area (Å²) in [5.74, 6) is 6.27. The first kappa shape index (κ1) is 12.6. The number of nitrogen functional groups attached to an aromatic ring is 1. The van der Waals surface area contributed by atoms with Gasteiger partial charge in [-0.1, -0.05) is 15.9 Å². The van der Waals surface area contributed by atoms with Crippen LogP contribution in [0.3, 0.4) is 0 Å². The lowest BCUT2D eigenvalue weighted by Gasteiger charge is -2.17. The van der Waals surface area contributed by atoms with Gasteiger partial charge in [-0.15, -0.1) is 0 Å². The van der Waals surface area contributed by atoms with Crippen LogP contribution in [0.15, 0.2) is 43.9 Å². The van der Waals surface area contributed by atoms with Gasteiger partial charge in [0.2, 0.25) is 0 Å². The molecule has 0 saturated carbocycles. The van der Waals surface area contributed by atoms with Gasteiger partial charge in [0, 0.05) is 15.7 Å². The van der Waals surface area contributed by atoms with E-state index < -0.39 is 0 Å². The summed E-state index contributed by atoms with van der Waals surface area (Å²) in [6.45, 7) is 0. The van der Waals surface area contributed by atoms with Crippen molar-refractivity contribution >= 4 is 37.5 Å². The number of rotatable bonds is 3. The van der Waals surface area contributed by atoms with Crippen molar-refractivity contribution in [2.75, 3.05) is 5.73 Å². The number of halogens is 2. The Morgan fingerprint density at radius 3 is 2.59 bits per heavy atom. The molecule has 5 N–H and O–H groups in total. The van der Waals surface area contributed by atoms with Crippen LogP contribution >= 0.6 is 31.9 Å². The van der Waals surface area contributed by atoms with Crippen LogP contribution in [-0.2, 0) is 0 Å². The summed E-state index contributed by atoms with van der Waals surface area (Å²) in [6, 6.07) is 7.13. The third-order valence-corrected chi connectivity index (χ3v) is 3.58. The van der Waals surface area contributed by atoms with E-state index in [4.69, 9.17) is 16.0 Å².